The summed E-state index contributed by atoms with van der Waals surface area (Å²) in [7, 11) is 0. The Labute approximate surface area is 86.5 Å². The first-order chi connectivity index (χ1) is 6.66. The first-order valence-electron chi connectivity index (χ1n) is 4.23. The fraction of sp³-hybridized carbons (Fsp3) is 0.0909. The molecule has 0 atom stereocenters. The number of carbonyl (C=O) groups excluding carboxylic acids is 1. The highest BCUT2D eigenvalue weighted by atomic mass is 35.5. The van der Waals surface area contributed by atoms with Gasteiger partial charge in [-0.25, -0.2) is 0 Å². The number of nitrogens with zero attached hydrogens (tertiary/aromatic N) is 1. The van der Waals surface area contributed by atoms with E-state index in [0.29, 0.717) is 10.6 Å². The molecule has 3 heteroatoms. The third-order valence-corrected chi connectivity index (χ3v) is 2.26. The number of rotatable bonds is 1. The summed E-state index contributed by atoms with van der Waals surface area (Å²) in [6, 6.07) is 7.23. The Morgan fingerprint density at radius 1 is 1.36 bits per heavy atom. The minimum Gasteiger partial charge on any atom is -0.295 e. The molecule has 0 amide bonds. The van der Waals surface area contributed by atoms with Gasteiger partial charge in [0.2, 0.25) is 0 Å². The molecule has 14 heavy (non-hydrogen) atoms. The Morgan fingerprint density at radius 2 is 2.14 bits per heavy atom. The van der Waals surface area contributed by atoms with Gasteiger partial charge < -0.3 is 0 Å². The van der Waals surface area contributed by atoms with Gasteiger partial charge in [-0.2, -0.15) is 0 Å². The molecule has 0 bridgehead atoms. The first-order valence-corrected chi connectivity index (χ1v) is 4.61. The van der Waals surface area contributed by atoms with Crippen molar-refractivity contribution in [3.8, 4) is 0 Å². The average Bonchev–Trinajstić information content (AvgIpc) is 2.16. The van der Waals surface area contributed by atoms with Crippen LogP contribution < -0.4 is 0 Å². The third-order valence-electron chi connectivity index (χ3n) is 2.06. The molecule has 0 spiro atoms. The standard InChI is InChI=1S/C11H8ClNO/c1-7(14)8-2-3-9-4-10(12)6-13-11(9)5-8/h2-6H,1H3. The van der Waals surface area contributed by atoms with Gasteiger partial charge in [0.1, 0.15) is 0 Å². The maximum absolute atomic E-state index is 11.1. The van der Waals surface area contributed by atoms with Crippen LogP contribution in [-0.4, -0.2) is 10.8 Å². The summed E-state index contributed by atoms with van der Waals surface area (Å²) < 4.78 is 0. The van der Waals surface area contributed by atoms with Crippen LogP contribution >= 0.6 is 11.6 Å². The van der Waals surface area contributed by atoms with E-state index in [4.69, 9.17) is 11.6 Å². The van der Waals surface area contributed by atoms with Crippen LogP contribution in [0.1, 0.15) is 17.3 Å². The summed E-state index contributed by atoms with van der Waals surface area (Å²) in [4.78, 5) is 15.2. The number of pyridine rings is 1. The van der Waals surface area contributed by atoms with Crippen LogP contribution in [0.5, 0.6) is 0 Å². The molecule has 2 rings (SSSR count). The van der Waals surface area contributed by atoms with Crippen molar-refractivity contribution < 1.29 is 4.79 Å². The van der Waals surface area contributed by atoms with Crippen molar-refractivity contribution in [3.63, 3.8) is 0 Å². The van der Waals surface area contributed by atoms with Crippen LogP contribution in [0.15, 0.2) is 30.5 Å². The fourth-order valence-electron chi connectivity index (χ4n) is 1.31. The van der Waals surface area contributed by atoms with E-state index in [0.717, 1.165) is 10.9 Å². The number of halogens is 1. The summed E-state index contributed by atoms with van der Waals surface area (Å²) in [5, 5.41) is 1.55. The highest BCUT2D eigenvalue weighted by Gasteiger charge is 2.01. The van der Waals surface area contributed by atoms with Crippen molar-refractivity contribution in [1.29, 1.82) is 0 Å². The van der Waals surface area contributed by atoms with Gasteiger partial charge in [0, 0.05) is 17.1 Å². The van der Waals surface area contributed by atoms with Crippen LogP contribution in [0.3, 0.4) is 0 Å². The normalized spacial score (nSPS) is 10.4. The van der Waals surface area contributed by atoms with Crippen LogP contribution in [0.2, 0.25) is 5.02 Å². The van der Waals surface area contributed by atoms with E-state index in [2.05, 4.69) is 4.98 Å². The van der Waals surface area contributed by atoms with E-state index in [1.807, 2.05) is 12.1 Å². The lowest BCUT2D eigenvalue weighted by atomic mass is 10.1. The molecule has 0 aliphatic rings. The number of benzene rings is 1. The minimum absolute atomic E-state index is 0.0450. The maximum Gasteiger partial charge on any atom is 0.159 e. The van der Waals surface area contributed by atoms with E-state index in [1.165, 1.54) is 6.92 Å². The highest BCUT2D eigenvalue weighted by Crippen LogP contribution is 2.18. The monoisotopic (exact) mass is 205 g/mol. The molecule has 0 aliphatic carbocycles. The molecular formula is C11H8ClNO. The molecule has 70 valence electrons. The molecule has 0 fully saturated rings. The molecule has 0 N–H and O–H groups in total. The number of Topliss-reactive ketones (excluding diaryl/α,β-unsaturated/α-hetero) is 1. The molecule has 0 radical (unpaired) electrons. The van der Waals surface area contributed by atoms with Gasteiger partial charge in [-0.05, 0) is 19.1 Å². The van der Waals surface area contributed by atoms with E-state index in [-0.39, 0.29) is 5.78 Å². The smallest absolute Gasteiger partial charge is 0.159 e. The Kier molecular flexibility index (Phi) is 2.22. The lowest BCUT2D eigenvalue weighted by molar-refractivity contribution is 0.101. The second kappa shape index (κ2) is 3.39. The molecular weight excluding hydrogens is 198 g/mol. The zero-order valence-electron chi connectivity index (χ0n) is 7.62. The van der Waals surface area contributed by atoms with Crippen LogP contribution in [-0.2, 0) is 0 Å². The SMILES string of the molecule is CC(=O)c1ccc2cc(Cl)cnc2c1. The van der Waals surface area contributed by atoms with Crippen molar-refractivity contribution in [1.82, 2.24) is 4.98 Å². The number of carbonyl (C=O) groups is 1. The number of aromatic nitrogens is 1. The van der Waals surface area contributed by atoms with E-state index in [9.17, 15) is 4.79 Å². The van der Waals surface area contributed by atoms with Crippen molar-refractivity contribution in [2.45, 2.75) is 6.92 Å². The lowest BCUT2D eigenvalue weighted by Gasteiger charge is -1.99. The van der Waals surface area contributed by atoms with Crippen molar-refractivity contribution in [2.24, 2.45) is 0 Å². The van der Waals surface area contributed by atoms with E-state index in [1.54, 1.807) is 18.3 Å². The topological polar surface area (TPSA) is 30.0 Å². The van der Waals surface area contributed by atoms with E-state index >= 15 is 0 Å². The van der Waals surface area contributed by atoms with Gasteiger partial charge in [-0.15, -0.1) is 0 Å². The van der Waals surface area contributed by atoms with E-state index < -0.39 is 0 Å². The Morgan fingerprint density at radius 3 is 2.86 bits per heavy atom. The third kappa shape index (κ3) is 1.61. The van der Waals surface area contributed by atoms with Gasteiger partial charge in [-0.1, -0.05) is 23.7 Å². The van der Waals surface area contributed by atoms with Crippen LogP contribution in [0.4, 0.5) is 0 Å². The number of hydrogen-bond donors (Lipinski definition) is 0. The largest absolute Gasteiger partial charge is 0.295 e. The van der Waals surface area contributed by atoms with Crippen molar-refractivity contribution in [3.05, 3.63) is 41.0 Å². The summed E-state index contributed by atoms with van der Waals surface area (Å²) >= 11 is 5.79. The first kappa shape index (κ1) is 9.16. The Hall–Kier alpha value is -1.41. The highest BCUT2D eigenvalue weighted by molar-refractivity contribution is 6.31. The Bertz CT molecular complexity index is 508. The number of ketones is 1. The van der Waals surface area contributed by atoms with Gasteiger partial charge in [0.15, 0.2) is 5.78 Å². The average molecular weight is 206 g/mol. The predicted molar refractivity (Wildman–Crippen MR) is 56.8 cm³/mol. The fourth-order valence-corrected chi connectivity index (χ4v) is 1.48. The molecule has 1 aromatic heterocycles. The van der Waals surface area contributed by atoms with Gasteiger partial charge in [0.05, 0.1) is 10.5 Å². The summed E-state index contributed by atoms with van der Waals surface area (Å²) in [6.07, 6.45) is 1.58. The molecule has 0 saturated carbocycles. The zero-order chi connectivity index (χ0) is 10.1. The zero-order valence-corrected chi connectivity index (χ0v) is 8.38. The second-order valence-corrected chi connectivity index (χ2v) is 3.55. The number of hydrogen-bond acceptors (Lipinski definition) is 2. The van der Waals surface area contributed by atoms with Gasteiger partial charge >= 0.3 is 0 Å². The quantitative estimate of drug-likeness (QED) is 0.670. The molecule has 1 aromatic carbocycles. The van der Waals surface area contributed by atoms with Crippen molar-refractivity contribution in [2.75, 3.05) is 0 Å². The minimum atomic E-state index is 0.0450. The summed E-state index contributed by atoms with van der Waals surface area (Å²) in [5.41, 5.74) is 1.47. The van der Waals surface area contributed by atoms with Gasteiger partial charge in [-0.3, -0.25) is 9.78 Å². The molecule has 2 nitrogen and oxygen atoms in total. The maximum atomic E-state index is 11.1. The second-order valence-electron chi connectivity index (χ2n) is 3.12. The predicted octanol–water partition coefficient (Wildman–Crippen LogP) is 3.09. The summed E-state index contributed by atoms with van der Waals surface area (Å²) in [6.45, 7) is 1.54. The Balaban J connectivity index is 2.67. The lowest BCUT2D eigenvalue weighted by Crippen LogP contribution is -1.91. The molecule has 0 aliphatic heterocycles. The van der Waals surface area contributed by atoms with Crippen molar-refractivity contribution >= 4 is 28.3 Å². The summed E-state index contributed by atoms with van der Waals surface area (Å²) in [5.74, 6) is 0.0450. The molecule has 2 aromatic rings. The molecule has 0 unspecified atom stereocenters. The molecule has 0 saturated heterocycles. The van der Waals surface area contributed by atoms with Crippen LogP contribution in [0.25, 0.3) is 10.9 Å². The number of fused-ring (bicyclic) bond motifs is 1. The molecule has 1 heterocycles. The van der Waals surface area contributed by atoms with Crippen LogP contribution in [0, 0.1) is 0 Å². The van der Waals surface area contributed by atoms with Gasteiger partial charge in [0.25, 0.3) is 0 Å².